The molecule has 1 saturated carbocycles. The van der Waals surface area contributed by atoms with Crippen LogP contribution in [0, 0.1) is 5.92 Å². The first-order valence-corrected chi connectivity index (χ1v) is 8.06. The molecular weight excluding hydrogens is 276 g/mol. The molecule has 2 aliphatic rings. The second kappa shape index (κ2) is 6.82. The van der Waals surface area contributed by atoms with Crippen LogP contribution in [-0.2, 0) is 9.53 Å². The molecule has 0 amide bonds. The van der Waals surface area contributed by atoms with Crippen LogP contribution in [0.1, 0.15) is 43.6 Å². The summed E-state index contributed by atoms with van der Waals surface area (Å²) in [6.45, 7) is 0. The molecule has 3 heteroatoms. The lowest BCUT2D eigenvalue weighted by Crippen LogP contribution is -2.22. The SMILES string of the molecule is O=C1C=C(O)C[C@H](/C=C/[C@H]2CCCC[C@@H]2c2ccccc2)O1. The highest BCUT2D eigenvalue weighted by molar-refractivity contribution is 5.83. The molecule has 0 bridgehead atoms. The number of hydrogen-bond donors (Lipinski definition) is 1. The topological polar surface area (TPSA) is 46.5 Å². The molecule has 1 aliphatic carbocycles. The van der Waals surface area contributed by atoms with E-state index in [-0.39, 0.29) is 11.9 Å². The number of benzene rings is 1. The van der Waals surface area contributed by atoms with Gasteiger partial charge >= 0.3 is 5.97 Å². The summed E-state index contributed by atoms with van der Waals surface area (Å²) in [5.41, 5.74) is 1.39. The van der Waals surface area contributed by atoms with Gasteiger partial charge in [0.1, 0.15) is 11.9 Å². The highest BCUT2D eigenvalue weighted by atomic mass is 16.5. The van der Waals surface area contributed by atoms with Crippen molar-refractivity contribution in [3.8, 4) is 0 Å². The number of esters is 1. The lowest BCUT2D eigenvalue weighted by atomic mass is 9.75. The molecule has 1 aromatic rings. The van der Waals surface area contributed by atoms with Crippen LogP contribution >= 0.6 is 0 Å². The van der Waals surface area contributed by atoms with E-state index in [9.17, 15) is 9.90 Å². The largest absolute Gasteiger partial charge is 0.512 e. The molecule has 0 unspecified atom stereocenters. The van der Waals surface area contributed by atoms with E-state index in [4.69, 9.17) is 4.74 Å². The molecule has 1 aliphatic heterocycles. The van der Waals surface area contributed by atoms with E-state index in [0.717, 1.165) is 6.08 Å². The van der Waals surface area contributed by atoms with Crippen LogP contribution in [0.2, 0.25) is 0 Å². The molecule has 116 valence electrons. The number of allylic oxidation sites excluding steroid dienone is 1. The highest BCUT2D eigenvalue weighted by Gasteiger charge is 2.25. The van der Waals surface area contributed by atoms with Gasteiger partial charge in [-0.3, -0.25) is 0 Å². The summed E-state index contributed by atoms with van der Waals surface area (Å²) in [4.78, 5) is 11.3. The maximum absolute atomic E-state index is 11.3. The second-order valence-electron chi connectivity index (χ2n) is 6.17. The average molecular weight is 298 g/mol. The van der Waals surface area contributed by atoms with Crippen molar-refractivity contribution in [2.75, 3.05) is 0 Å². The number of carbonyl (C=O) groups is 1. The molecule has 0 radical (unpaired) electrons. The van der Waals surface area contributed by atoms with Crippen LogP contribution in [0.3, 0.4) is 0 Å². The Labute approximate surface area is 131 Å². The Bertz CT molecular complexity index is 574. The van der Waals surface area contributed by atoms with Gasteiger partial charge in [0.25, 0.3) is 0 Å². The van der Waals surface area contributed by atoms with Gasteiger partial charge in [-0.2, -0.15) is 0 Å². The lowest BCUT2D eigenvalue weighted by Gasteiger charge is -2.30. The Kier molecular flexibility index (Phi) is 4.62. The van der Waals surface area contributed by atoms with Gasteiger partial charge in [0.05, 0.1) is 6.08 Å². The fourth-order valence-corrected chi connectivity index (χ4v) is 3.50. The van der Waals surface area contributed by atoms with Gasteiger partial charge in [-0.1, -0.05) is 49.2 Å². The zero-order valence-electron chi connectivity index (χ0n) is 12.7. The number of cyclic esters (lactones) is 1. The summed E-state index contributed by atoms with van der Waals surface area (Å²) in [5, 5.41) is 9.54. The van der Waals surface area contributed by atoms with E-state index in [0.29, 0.717) is 18.3 Å². The maximum atomic E-state index is 11.3. The first-order valence-electron chi connectivity index (χ1n) is 8.06. The van der Waals surface area contributed by atoms with E-state index in [1.807, 2.05) is 12.1 Å². The van der Waals surface area contributed by atoms with E-state index in [2.05, 4.69) is 30.3 Å². The minimum absolute atomic E-state index is 0.106. The Morgan fingerprint density at radius 1 is 1.09 bits per heavy atom. The normalized spacial score (nSPS) is 29.2. The first kappa shape index (κ1) is 14.9. The predicted molar refractivity (Wildman–Crippen MR) is 85.5 cm³/mol. The summed E-state index contributed by atoms with van der Waals surface area (Å²) < 4.78 is 5.23. The van der Waals surface area contributed by atoms with Crippen molar-refractivity contribution in [1.82, 2.24) is 0 Å². The summed E-state index contributed by atoms with van der Waals surface area (Å²) >= 11 is 0. The molecule has 0 spiro atoms. The van der Waals surface area contributed by atoms with Crippen molar-refractivity contribution in [2.24, 2.45) is 5.92 Å². The molecular formula is C19H22O3. The molecule has 3 atom stereocenters. The monoisotopic (exact) mass is 298 g/mol. The fourth-order valence-electron chi connectivity index (χ4n) is 3.50. The standard InChI is InChI=1S/C19H22O3/c20-16-12-17(22-19(21)13-16)11-10-15-8-4-5-9-18(15)14-6-2-1-3-7-14/h1-3,6-7,10-11,13,15,17-18,20H,4-5,8-9,12H2/b11-10+/t15-,17+,18-/m1/s1. The summed E-state index contributed by atoms with van der Waals surface area (Å²) in [6, 6.07) is 10.6. The Morgan fingerprint density at radius 3 is 2.64 bits per heavy atom. The van der Waals surface area contributed by atoms with Gasteiger partial charge in [0, 0.05) is 6.42 Å². The van der Waals surface area contributed by atoms with Crippen molar-refractivity contribution >= 4 is 5.97 Å². The van der Waals surface area contributed by atoms with Crippen LogP contribution in [0.15, 0.2) is 54.3 Å². The molecule has 3 nitrogen and oxygen atoms in total. The number of ether oxygens (including phenoxy) is 1. The van der Waals surface area contributed by atoms with Crippen LogP contribution in [0.5, 0.6) is 0 Å². The third-order valence-corrected chi connectivity index (χ3v) is 4.58. The number of aliphatic hydroxyl groups excluding tert-OH is 1. The third-order valence-electron chi connectivity index (χ3n) is 4.58. The van der Waals surface area contributed by atoms with Gasteiger partial charge < -0.3 is 9.84 Å². The van der Waals surface area contributed by atoms with E-state index in [1.165, 1.54) is 31.2 Å². The van der Waals surface area contributed by atoms with Crippen LogP contribution in [-0.4, -0.2) is 17.2 Å². The van der Waals surface area contributed by atoms with E-state index in [1.54, 1.807) is 0 Å². The lowest BCUT2D eigenvalue weighted by molar-refractivity contribution is -0.142. The number of aliphatic hydroxyl groups is 1. The van der Waals surface area contributed by atoms with Crippen molar-refractivity contribution < 1.29 is 14.6 Å². The van der Waals surface area contributed by atoms with Gasteiger partial charge in [-0.25, -0.2) is 4.79 Å². The Hall–Kier alpha value is -2.03. The molecule has 0 aromatic heterocycles. The van der Waals surface area contributed by atoms with E-state index >= 15 is 0 Å². The number of hydrogen-bond acceptors (Lipinski definition) is 3. The Balaban J connectivity index is 1.70. The van der Waals surface area contributed by atoms with Crippen molar-refractivity contribution in [2.45, 2.75) is 44.1 Å². The molecule has 1 aromatic carbocycles. The highest BCUT2D eigenvalue weighted by Crippen LogP contribution is 2.38. The van der Waals surface area contributed by atoms with Crippen molar-refractivity contribution in [1.29, 1.82) is 0 Å². The summed E-state index contributed by atoms with van der Waals surface area (Å²) in [5.74, 6) is 0.660. The van der Waals surface area contributed by atoms with Crippen LogP contribution < -0.4 is 0 Å². The van der Waals surface area contributed by atoms with Crippen LogP contribution in [0.25, 0.3) is 0 Å². The van der Waals surface area contributed by atoms with Crippen molar-refractivity contribution in [3.63, 3.8) is 0 Å². The van der Waals surface area contributed by atoms with E-state index < -0.39 is 5.97 Å². The molecule has 3 rings (SSSR count). The first-order chi connectivity index (χ1) is 10.7. The van der Waals surface area contributed by atoms with Gasteiger partial charge in [-0.15, -0.1) is 0 Å². The van der Waals surface area contributed by atoms with Gasteiger partial charge in [0.2, 0.25) is 0 Å². The maximum Gasteiger partial charge on any atom is 0.334 e. The molecule has 1 N–H and O–H groups in total. The minimum Gasteiger partial charge on any atom is -0.512 e. The number of rotatable bonds is 3. The van der Waals surface area contributed by atoms with Gasteiger partial charge in [0.15, 0.2) is 0 Å². The molecule has 0 saturated heterocycles. The Morgan fingerprint density at radius 2 is 1.86 bits per heavy atom. The van der Waals surface area contributed by atoms with Crippen molar-refractivity contribution in [3.05, 3.63) is 59.9 Å². The molecule has 22 heavy (non-hydrogen) atoms. The molecule has 1 fully saturated rings. The molecule has 1 heterocycles. The predicted octanol–water partition coefficient (Wildman–Crippen LogP) is 4.27. The fraction of sp³-hybridized carbons (Fsp3) is 0.421. The smallest absolute Gasteiger partial charge is 0.334 e. The average Bonchev–Trinajstić information content (AvgIpc) is 2.53. The number of carbonyl (C=O) groups excluding carboxylic acids is 1. The van der Waals surface area contributed by atoms with Crippen LogP contribution in [0.4, 0.5) is 0 Å². The second-order valence-corrected chi connectivity index (χ2v) is 6.17. The zero-order chi connectivity index (χ0) is 15.4. The summed E-state index contributed by atoms with van der Waals surface area (Å²) in [6.07, 6.45) is 10.2. The zero-order valence-corrected chi connectivity index (χ0v) is 12.7. The quantitative estimate of drug-likeness (QED) is 0.669. The van der Waals surface area contributed by atoms with Gasteiger partial charge in [-0.05, 0) is 36.3 Å². The third kappa shape index (κ3) is 3.59. The summed E-state index contributed by atoms with van der Waals surface area (Å²) in [7, 11) is 0. The minimum atomic E-state index is -0.457.